The third-order valence-electron chi connectivity index (χ3n) is 3.81. The largest absolute Gasteiger partial charge is 0.481 e. The first-order valence-electron chi connectivity index (χ1n) is 6.86. The van der Waals surface area contributed by atoms with E-state index in [9.17, 15) is 9.59 Å². The Labute approximate surface area is 120 Å². The van der Waals surface area contributed by atoms with Crippen LogP contribution in [0.15, 0.2) is 16.8 Å². The van der Waals surface area contributed by atoms with Crippen molar-refractivity contribution in [2.75, 3.05) is 13.1 Å². The second-order valence-electron chi connectivity index (χ2n) is 5.13. The van der Waals surface area contributed by atoms with Crippen molar-refractivity contribution in [3.8, 4) is 0 Å². The standard InChI is InChI=1S/C14H15N3O4/c1-2-11-10-5-9(6-15-12(10)21-16-11)13(18)17-4-3-8(7-17)14(19)20/h5-6,8H,2-4,7H2,1H3,(H,19,20)/t8-/m1/s1. The zero-order chi connectivity index (χ0) is 15.0. The lowest BCUT2D eigenvalue weighted by Gasteiger charge is -2.15. The van der Waals surface area contributed by atoms with E-state index >= 15 is 0 Å². The Kier molecular flexibility index (Phi) is 3.32. The average Bonchev–Trinajstić information content (AvgIpc) is 3.12. The van der Waals surface area contributed by atoms with E-state index in [0.717, 1.165) is 11.1 Å². The molecule has 3 rings (SSSR count). The van der Waals surface area contributed by atoms with Crippen molar-refractivity contribution in [1.29, 1.82) is 0 Å². The number of carboxylic acids is 1. The van der Waals surface area contributed by atoms with Gasteiger partial charge >= 0.3 is 5.97 Å². The van der Waals surface area contributed by atoms with Gasteiger partial charge in [-0.15, -0.1) is 0 Å². The van der Waals surface area contributed by atoms with Gasteiger partial charge in [-0.25, -0.2) is 4.98 Å². The summed E-state index contributed by atoms with van der Waals surface area (Å²) in [5, 5.41) is 13.6. The van der Waals surface area contributed by atoms with E-state index < -0.39 is 11.9 Å². The second-order valence-corrected chi connectivity index (χ2v) is 5.13. The van der Waals surface area contributed by atoms with Gasteiger partial charge in [0.1, 0.15) is 0 Å². The van der Waals surface area contributed by atoms with Crippen molar-refractivity contribution in [1.82, 2.24) is 15.0 Å². The summed E-state index contributed by atoms with van der Waals surface area (Å²) in [5.41, 5.74) is 1.61. The van der Waals surface area contributed by atoms with Crippen LogP contribution < -0.4 is 0 Å². The number of carboxylic acid groups (broad SMARTS) is 1. The number of amides is 1. The van der Waals surface area contributed by atoms with Crippen LogP contribution in [0.25, 0.3) is 11.1 Å². The normalized spacial score (nSPS) is 18.3. The van der Waals surface area contributed by atoms with E-state index in [1.165, 1.54) is 6.20 Å². The van der Waals surface area contributed by atoms with Gasteiger partial charge in [-0.3, -0.25) is 9.59 Å². The minimum Gasteiger partial charge on any atom is -0.481 e. The summed E-state index contributed by atoms with van der Waals surface area (Å²) in [6.07, 6.45) is 2.63. The fraction of sp³-hybridized carbons (Fsp3) is 0.429. The van der Waals surface area contributed by atoms with Crippen LogP contribution in [0.1, 0.15) is 29.4 Å². The molecule has 2 aromatic heterocycles. The molecule has 0 aromatic carbocycles. The second kappa shape index (κ2) is 5.16. The van der Waals surface area contributed by atoms with E-state index in [0.29, 0.717) is 30.7 Å². The molecule has 2 aromatic rings. The fourth-order valence-corrected chi connectivity index (χ4v) is 2.58. The number of likely N-dealkylation sites (tertiary alicyclic amines) is 1. The highest BCUT2D eigenvalue weighted by Crippen LogP contribution is 2.22. The number of aliphatic carboxylic acids is 1. The summed E-state index contributed by atoms with van der Waals surface area (Å²) in [6, 6.07) is 1.72. The molecule has 1 N–H and O–H groups in total. The van der Waals surface area contributed by atoms with Gasteiger partial charge in [-0.2, -0.15) is 0 Å². The average molecular weight is 289 g/mol. The molecule has 1 amide bonds. The zero-order valence-corrected chi connectivity index (χ0v) is 11.6. The number of hydrogen-bond acceptors (Lipinski definition) is 5. The van der Waals surface area contributed by atoms with Crippen molar-refractivity contribution in [2.45, 2.75) is 19.8 Å². The monoisotopic (exact) mass is 289 g/mol. The summed E-state index contributed by atoms with van der Waals surface area (Å²) >= 11 is 0. The maximum Gasteiger partial charge on any atom is 0.308 e. The Hall–Kier alpha value is -2.44. The summed E-state index contributed by atoms with van der Waals surface area (Å²) in [6.45, 7) is 2.65. The smallest absolute Gasteiger partial charge is 0.308 e. The predicted molar refractivity (Wildman–Crippen MR) is 72.8 cm³/mol. The summed E-state index contributed by atoms with van der Waals surface area (Å²) in [4.78, 5) is 29.0. The minimum absolute atomic E-state index is 0.198. The van der Waals surface area contributed by atoms with E-state index in [1.807, 2.05) is 6.92 Å². The molecule has 1 saturated heterocycles. The van der Waals surface area contributed by atoms with Gasteiger partial charge in [0.2, 0.25) is 0 Å². The van der Waals surface area contributed by atoms with Crippen LogP contribution in [0.3, 0.4) is 0 Å². The highest BCUT2D eigenvalue weighted by Gasteiger charge is 2.31. The quantitative estimate of drug-likeness (QED) is 0.915. The summed E-state index contributed by atoms with van der Waals surface area (Å²) < 4.78 is 5.08. The van der Waals surface area contributed by atoms with Gasteiger partial charge < -0.3 is 14.5 Å². The van der Waals surface area contributed by atoms with Crippen LogP contribution in [-0.2, 0) is 11.2 Å². The fourth-order valence-electron chi connectivity index (χ4n) is 2.58. The molecule has 0 aliphatic carbocycles. The van der Waals surface area contributed by atoms with Gasteiger partial charge in [0.25, 0.3) is 11.6 Å². The molecular formula is C14H15N3O4. The molecule has 7 nitrogen and oxygen atoms in total. The number of rotatable bonds is 3. The molecular weight excluding hydrogens is 274 g/mol. The molecule has 7 heteroatoms. The predicted octanol–water partition coefficient (Wildman–Crippen LogP) is 1.33. The topological polar surface area (TPSA) is 96.5 Å². The number of pyridine rings is 1. The van der Waals surface area contributed by atoms with Crippen molar-refractivity contribution in [3.63, 3.8) is 0 Å². The van der Waals surface area contributed by atoms with Crippen LogP contribution in [-0.4, -0.2) is 45.1 Å². The molecule has 21 heavy (non-hydrogen) atoms. The van der Waals surface area contributed by atoms with E-state index in [4.69, 9.17) is 9.63 Å². The number of hydrogen-bond donors (Lipinski definition) is 1. The molecule has 0 spiro atoms. The Morgan fingerprint density at radius 2 is 2.33 bits per heavy atom. The van der Waals surface area contributed by atoms with Gasteiger partial charge in [0.05, 0.1) is 22.6 Å². The van der Waals surface area contributed by atoms with Crippen LogP contribution in [0.4, 0.5) is 0 Å². The lowest BCUT2D eigenvalue weighted by atomic mass is 10.1. The van der Waals surface area contributed by atoms with Crippen LogP contribution in [0.2, 0.25) is 0 Å². The zero-order valence-electron chi connectivity index (χ0n) is 11.6. The third-order valence-corrected chi connectivity index (χ3v) is 3.81. The first-order chi connectivity index (χ1) is 10.1. The van der Waals surface area contributed by atoms with Gasteiger partial charge in [-0.1, -0.05) is 12.1 Å². The molecule has 0 unspecified atom stereocenters. The van der Waals surface area contributed by atoms with Crippen LogP contribution in [0, 0.1) is 5.92 Å². The van der Waals surface area contributed by atoms with Gasteiger partial charge in [-0.05, 0) is 18.9 Å². The molecule has 1 aliphatic rings. The van der Waals surface area contributed by atoms with Crippen molar-refractivity contribution in [2.24, 2.45) is 5.92 Å². The van der Waals surface area contributed by atoms with E-state index in [1.54, 1.807) is 11.0 Å². The molecule has 0 saturated carbocycles. The molecule has 3 heterocycles. The number of carbonyl (C=O) groups is 2. The van der Waals surface area contributed by atoms with E-state index in [2.05, 4.69) is 10.1 Å². The lowest BCUT2D eigenvalue weighted by molar-refractivity contribution is -0.141. The van der Waals surface area contributed by atoms with Gasteiger partial charge in [0.15, 0.2) is 0 Å². The number of fused-ring (bicyclic) bond motifs is 1. The Morgan fingerprint density at radius 3 is 3.00 bits per heavy atom. The first-order valence-corrected chi connectivity index (χ1v) is 6.86. The minimum atomic E-state index is -0.855. The molecule has 1 aliphatic heterocycles. The van der Waals surface area contributed by atoms with Gasteiger partial charge in [0, 0.05) is 19.3 Å². The molecule has 110 valence electrons. The number of nitrogens with zero attached hydrogens (tertiary/aromatic N) is 3. The van der Waals surface area contributed by atoms with Crippen molar-refractivity contribution in [3.05, 3.63) is 23.5 Å². The number of carbonyl (C=O) groups excluding carboxylic acids is 1. The maximum absolute atomic E-state index is 12.4. The van der Waals surface area contributed by atoms with Crippen LogP contribution in [0.5, 0.6) is 0 Å². The van der Waals surface area contributed by atoms with Crippen molar-refractivity contribution < 1.29 is 19.2 Å². The number of aromatic nitrogens is 2. The maximum atomic E-state index is 12.4. The first kappa shape index (κ1) is 13.5. The molecule has 0 radical (unpaired) electrons. The molecule has 1 fully saturated rings. The Bertz CT molecular complexity index is 709. The number of aryl methyl sites for hydroxylation is 1. The molecule has 1 atom stereocenters. The van der Waals surface area contributed by atoms with Crippen LogP contribution >= 0.6 is 0 Å². The van der Waals surface area contributed by atoms with Crippen molar-refractivity contribution >= 4 is 23.0 Å². The Morgan fingerprint density at radius 1 is 1.52 bits per heavy atom. The SMILES string of the molecule is CCc1noc2ncc(C(=O)N3CC[C@@H](C(=O)O)C3)cc12. The highest BCUT2D eigenvalue weighted by atomic mass is 16.5. The lowest BCUT2D eigenvalue weighted by Crippen LogP contribution is -2.30. The summed E-state index contributed by atoms with van der Waals surface area (Å²) in [7, 11) is 0. The third kappa shape index (κ3) is 2.35. The Balaban J connectivity index is 1.86. The summed E-state index contributed by atoms with van der Waals surface area (Å²) in [5.74, 6) is -1.53. The highest BCUT2D eigenvalue weighted by molar-refractivity contribution is 5.97. The molecule has 0 bridgehead atoms. The van der Waals surface area contributed by atoms with E-state index in [-0.39, 0.29) is 12.5 Å².